The van der Waals surface area contributed by atoms with Crippen molar-refractivity contribution >= 4 is 11.6 Å². The van der Waals surface area contributed by atoms with Gasteiger partial charge in [0, 0.05) is 16.7 Å². The highest BCUT2D eigenvalue weighted by Crippen LogP contribution is 2.67. The highest BCUT2D eigenvalue weighted by atomic mass is 16.5. The first-order chi connectivity index (χ1) is 13.5. The van der Waals surface area contributed by atoms with Gasteiger partial charge in [-0.05, 0) is 69.9 Å². The number of ether oxygens (including phenoxy) is 1. The lowest BCUT2D eigenvalue weighted by atomic mass is 9.46. The summed E-state index contributed by atoms with van der Waals surface area (Å²) in [5.74, 6) is 0.170. The Labute approximate surface area is 173 Å². The SMILES string of the molecule is CC(C)OCC(=O)[C@@]1(O)CCC2C3CCC4=CC(=O)C=C[C@]4(C)C3[C@@H](O)C[C@@]21C. The Balaban J connectivity index is 1.66. The number of aliphatic hydroxyl groups excluding tert-OH is 1. The number of hydrogen-bond acceptors (Lipinski definition) is 5. The Morgan fingerprint density at radius 2 is 2.03 bits per heavy atom. The second-order valence-electron chi connectivity index (χ2n) is 10.4. The number of carbonyl (C=O) groups excluding carboxylic acids is 2. The van der Waals surface area contributed by atoms with E-state index in [4.69, 9.17) is 4.74 Å². The van der Waals surface area contributed by atoms with E-state index in [9.17, 15) is 19.8 Å². The Bertz CT molecular complexity index is 782. The fourth-order valence-corrected chi connectivity index (χ4v) is 7.15. The topological polar surface area (TPSA) is 83.8 Å². The van der Waals surface area contributed by atoms with Gasteiger partial charge in [-0.2, -0.15) is 0 Å². The van der Waals surface area contributed by atoms with Crippen molar-refractivity contribution in [1.29, 1.82) is 0 Å². The molecule has 7 atom stereocenters. The van der Waals surface area contributed by atoms with Crippen LogP contribution in [-0.2, 0) is 14.3 Å². The van der Waals surface area contributed by atoms with Crippen LogP contribution in [0.1, 0.15) is 59.8 Å². The fraction of sp³-hybridized carbons (Fsp3) is 0.750. The van der Waals surface area contributed by atoms with Crippen LogP contribution in [0.2, 0.25) is 0 Å². The normalized spacial score (nSPS) is 46.2. The summed E-state index contributed by atoms with van der Waals surface area (Å²) < 4.78 is 5.52. The molecule has 3 saturated carbocycles. The zero-order valence-electron chi connectivity index (χ0n) is 18.0. The van der Waals surface area contributed by atoms with Gasteiger partial charge in [0.2, 0.25) is 0 Å². The molecule has 0 aromatic carbocycles. The van der Waals surface area contributed by atoms with Crippen molar-refractivity contribution in [2.24, 2.45) is 28.6 Å². The molecular weight excluding hydrogens is 368 g/mol. The number of aliphatic hydroxyl groups is 2. The van der Waals surface area contributed by atoms with E-state index in [0.29, 0.717) is 12.8 Å². The molecule has 0 saturated heterocycles. The zero-order chi connectivity index (χ0) is 21.2. The molecule has 0 heterocycles. The minimum Gasteiger partial charge on any atom is -0.393 e. The van der Waals surface area contributed by atoms with Gasteiger partial charge in [-0.25, -0.2) is 0 Å². The quantitative estimate of drug-likeness (QED) is 0.755. The van der Waals surface area contributed by atoms with Gasteiger partial charge in [0.15, 0.2) is 11.6 Å². The lowest BCUT2D eigenvalue weighted by molar-refractivity contribution is -0.180. The van der Waals surface area contributed by atoms with Crippen molar-refractivity contribution < 1.29 is 24.5 Å². The summed E-state index contributed by atoms with van der Waals surface area (Å²) in [6.07, 6.45) is 7.98. The molecule has 4 aliphatic rings. The van der Waals surface area contributed by atoms with Crippen LogP contribution in [0.5, 0.6) is 0 Å². The number of rotatable bonds is 4. The average Bonchev–Trinajstić information content (AvgIpc) is 2.91. The molecule has 2 N–H and O–H groups in total. The first-order valence-corrected chi connectivity index (χ1v) is 11.0. The van der Waals surface area contributed by atoms with Crippen molar-refractivity contribution in [3.05, 3.63) is 23.8 Å². The van der Waals surface area contributed by atoms with Gasteiger partial charge in [-0.15, -0.1) is 0 Å². The number of fused-ring (bicyclic) bond motifs is 5. The molecule has 0 aromatic heterocycles. The third kappa shape index (κ3) is 2.92. The number of ketones is 2. The van der Waals surface area contributed by atoms with Crippen molar-refractivity contribution in [2.45, 2.75) is 77.6 Å². The zero-order valence-corrected chi connectivity index (χ0v) is 18.0. The van der Waals surface area contributed by atoms with Crippen LogP contribution in [0.25, 0.3) is 0 Å². The predicted octanol–water partition coefficient (Wildman–Crippen LogP) is 2.99. The molecule has 0 radical (unpaired) electrons. The largest absolute Gasteiger partial charge is 0.393 e. The minimum atomic E-state index is -1.45. The lowest BCUT2D eigenvalue weighted by Crippen LogP contribution is -2.61. The third-order valence-corrected chi connectivity index (χ3v) is 8.66. The molecule has 0 spiro atoms. The molecule has 5 heteroatoms. The molecule has 4 aliphatic carbocycles. The molecule has 5 nitrogen and oxygen atoms in total. The Hall–Kier alpha value is -1.30. The third-order valence-electron chi connectivity index (χ3n) is 8.66. The van der Waals surface area contributed by atoms with Gasteiger partial charge in [0.25, 0.3) is 0 Å². The van der Waals surface area contributed by atoms with Gasteiger partial charge < -0.3 is 14.9 Å². The lowest BCUT2D eigenvalue weighted by Gasteiger charge is -2.59. The summed E-state index contributed by atoms with van der Waals surface area (Å²) in [4.78, 5) is 24.9. The van der Waals surface area contributed by atoms with Crippen LogP contribution in [0, 0.1) is 28.6 Å². The smallest absolute Gasteiger partial charge is 0.190 e. The van der Waals surface area contributed by atoms with Crippen LogP contribution in [-0.4, -0.2) is 46.2 Å². The van der Waals surface area contributed by atoms with E-state index in [2.05, 4.69) is 6.92 Å². The molecular formula is C24H34O5. The Morgan fingerprint density at radius 1 is 1.31 bits per heavy atom. The maximum absolute atomic E-state index is 13.0. The predicted molar refractivity (Wildman–Crippen MR) is 109 cm³/mol. The highest BCUT2D eigenvalue weighted by Gasteiger charge is 2.68. The molecule has 4 rings (SSSR count). The van der Waals surface area contributed by atoms with Crippen LogP contribution in [0.15, 0.2) is 23.8 Å². The van der Waals surface area contributed by atoms with Crippen LogP contribution >= 0.6 is 0 Å². The molecule has 0 bridgehead atoms. The van der Waals surface area contributed by atoms with E-state index in [0.717, 1.165) is 24.8 Å². The van der Waals surface area contributed by atoms with E-state index in [-0.39, 0.29) is 47.4 Å². The maximum Gasteiger partial charge on any atom is 0.190 e. The van der Waals surface area contributed by atoms with Crippen molar-refractivity contribution in [3.63, 3.8) is 0 Å². The second-order valence-corrected chi connectivity index (χ2v) is 10.4. The summed E-state index contributed by atoms with van der Waals surface area (Å²) in [6.45, 7) is 7.79. The van der Waals surface area contributed by atoms with Crippen molar-refractivity contribution in [1.82, 2.24) is 0 Å². The Morgan fingerprint density at radius 3 is 2.72 bits per heavy atom. The van der Waals surface area contributed by atoms with E-state index < -0.39 is 17.1 Å². The summed E-state index contributed by atoms with van der Waals surface area (Å²) in [5, 5.41) is 22.9. The van der Waals surface area contributed by atoms with E-state index >= 15 is 0 Å². The number of Topliss-reactive ketones (excluding diaryl/α,β-unsaturated/α-hetero) is 1. The number of carbonyl (C=O) groups is 2. The van der Waals surface area contributed by atoms with E-state index in [1.807, 2.05) is 26.8 Å². The molecule has 0 amide bonds. The fourth-order valence-electron chi connectivity index (χ4n) is 7.15. The minimum absolute atomic E-state index is 0.00860. The molecule has 29 heavy (non-hydrogen) atoms. The molecule has 3 unspecified atom stereocenters. The average molecular weight is 403 g/mol. The summed E-state index contributed by atoms with van der Waals surface area (Å²) in [7, 11) is 0. The number of hydrogen-bond donors (Lipinski definition) is 2. The van der Waals surface area contributed by atoms with Gasteiger partial charge >= 0.3 is 0 Å². The first-order valence-electron chi connectivity index (χ1n) is 11.0. The summed E-state index contributed by atoms with van der Waals surface area (Å²) in [6, 6.07) is 0. The summed E-state index contributed by atoms with van der Waals surface area (Å²) >= 11 is 0. The van der Waals surface area contributed by atoms with Gasteiger partial charge in [0.05, 0.1) is 12.2 Å². The molecule has 3 fully saturated rings. The van der Waals surface area contributed by atoms with Crippen molar-refractivity contribution in [3.8, 4) is 0 Å². The second kappa shape index (κ2) is 6.86. The number of allylic oxidation sites excluding steroid dienone is 4. The van der Waals surface area contributed by atoms with Gasteiger partial charge in [-0.1, -0.05) is 25.5 Å². The van der Waals surface area contributed by atoms with Crippen molar-refractivity contribution in [2.75, 3.05) is 6.61 Å². The van der Waals surface area contributed by atoms with Crippen LogP contribution in [0.3, 0.4) is 0 Å². The van der Waals surface area contributed by atoms with Gasteiger partial charge in [0.1, 0.15) is 12.2 Å². The first kappa shape index (κ1) is 21.0. The van der Waals surface area contributed by atoms with Crippen LogP contribution < -0.4 is 0 Å². The maximum atomic E-state index is 13.0. The Kier molecular flexibility index (Phi) is 4.96. The van der Waals surface area contributed by atoms with Gasteiger partial charge in [-0.3, -0.25) is 9.59 Å². The highest BCUT2D eigenvalue weighted by molar-refractivity contribution is 6.01. The molecule has 0 aliphatic heterocycles. The van der Waals surface area contributed by atoms with E-state index in [1.165, 1.54) is 0 Å². The summed E-state index contributed by atoms with van der Waals surface area (Å²) in [5.41, 5.74) is -1.32. The van der Waals surface area contributed by atoms with E-state index in [1.54, 1.807) is 12.2 Å². The standard InChI is InChI=1S/C24H34O5/c1-14(2)29-13-20(27)24(28)10-8-18-17-6-5-15-11-16(25)7-9-22(15,3)21(17)19(26)12-23(18,24)4/h7,9,11,14,17-19,21,26,28H,5-6,8,10,12-13H2,1-4H3/t17?,18?,19-,21?,22-,23-,24-/m0/s1. The van der Waals surface area contributed by atoms with Crippen LogP contribution in [0.4, 0.5) is 0 Å². The molecule has 160 valence electrons. The monoisotopic (exact) mass is 402 g/mol. The molecule has 0 aromatic rings.